The van der Waals surface area contributed by atoms with Crippen molar-refractivity contribution in [2.24, 2.45) is 13.0 Å². The highest BCUT2D eigenvalue weighted by atomic mass is 16.5. The Morgan fingerprint density at radius 3 is 2.37 bits per heavy atom. The van der Waals surface area contributed by atoms with E-state index in [1.54, 1.807) is 23.3 Å². The Morgan fingerprint density at radius 2 is 1.66 bits per heavy atom. The van der Waals surface area contributed by atoms with Crippen LogP contribution in [0.2, 0.25) is 0 Å². The Balaban J connectivity index is 1.23. The van der Waals surface area contributed by atoms with Gasteiger partial charge in [-0.15, -0.1) is 0 Å². The number of hydrogen-bond donors (Lipinski definition) is 1. The van der Waals surface area contributed by atoms with Crippen molar-refractivity contribution in [1.29, 1.82) is 0 Å². The van der Waals surface area contributed by atoms with Crippen molar-refractivity contribution in [2.45, 2.75) is 38.3 Å². The second-order valence-corrected chi connectivity index (χ2v) is 11.6. The summed E-state index contributed by atoms with van der Waals surface area (Å²) in [4.78, 5) is 46.6. The Bertz CT molecular complexity index is 1460. The number of likely N-dealkylation sites (tertiary alicyclic amines) is 1. The average Bonchev–Trinajstić information content (AvgIpc) is 3.26. The van der Waals surface area contributed by atoms with E-state index in [-0.39, 0.29) is 30.5 Å². The lowest BCUT2D eigenvalue weighted by molar-refractivity contribution is -0.151. The third kappa shape index (κ3) is 5.38. The van der Waals surface area contributed by atoms with E-state index in [2.05, 4.69) is 21.2 Å². The van der Waals surface area contributed by atoms with E-state index >= 15 is 0 Å². The molecule has 4 heterocycles. The number of fused-ring (bicyclic) bond motifs is 1. The molecule has 3 saturated heterocycles. The van der Waals surface area contributed by atoms with E-state index in [4.69, 9.17) is 4.74 Å². The minimum absolute atomic E-state index is 0.172. The van der Waals surface area contributed by atoms with Gasteiger partial charge in [0.05, 0.1) is 30.4 Å². The summed E-state index contributed by atoms with van der Waals surface area (Å²) in [6.07, 6.45) is 2.78. The van der Waals surface area contributed by atoms with Gasteiger partial charge in [0.25, 0.3) is 5.91 Å². The van der Waals surface area contributed by atoms with Gasteiger partial charge in [0, 0.05) is 59.3 Å². The van der Waals surface area contributed by atoms with Crippen LogP contribution < -0.4 is 20.6 Å². The number of nitrogens with one attached hydrogen (secondary N) is 1. The molecule has 0 saturated carbocycles. The summed E-state index contributed by atoms with van der Waals surface area (Å²) < 4.78 is 8.52. The summed E-state index contributed by atoms with van der Waals surface area (Å²) in [6.45, 7) is 7.61. The van der Waals surface area contributed by atoms with Gasteiger partial charge >= 0.3 is 5.69 Å². The zero-order valence-electron chi connectivity index (χ0n) is 24.1. The van der Waals surface area contributed by atoms with Crippen LogP contribution in [0, 0.1) is 5.92 Å². The van der Waals surface area contributed by atoms with Crippen LogP contribution in [0.1, 0.15) is 37.3 Å². The molecule has 10 heteroatoms. The van der Waals surface area contributed by atoms with E-state index in [1.807, 2.05) is 36.4 Å². The molecule has 0 radical (unpaired) electrons. The normalized spacial score (nSPS) is 21.2. The Kier molecular flexibility index (Phi) is 7.86. The van der Waals surface area contributed by atoms with Gasteiger partial charge < -0.3 is 19.9 Å². The van der Waals surface area contributed by atoms with Crippen LogP contribution in [0.4, 0.5) is 5.69 Å². The summed E-state index contributed by atoms with van der Waals surface area (Å²) in [7, 11) is 3.39. The fraction of sp³-hybridized carbons (Fsp3) is 0.516. The highest BCUT2D eigenvalue weighted by molar-refractivity contribution is 6.00. The highest BCUT2D eigenvalue weighted by Crippen LogP contribution is 2.33. The van der Waals surface area contributed by atoms with Gasteiger partial charge in [0.2, 0.25) is 5.91 Å². The van der Waals surface area contributed by atoms with Crippen molar-refractivity contribution in [3.8, 4) is 5.75 Å². The van der Waals surface area contributed by atoms with Crippen LogP contribution >= 0.6 is 0 Å². The number of amides is 2. The van der Waals surface area contributed by atoms with Gasteiger partial charge in [0.1, 0.15) is 11.8 Å². The molecule has 1 N–H and O–H groups in total. The fourth-order valence-corrected chi connectivity index (χ4v) is 6.73. The van der Waals surface area contributed by atoms with Crippen LogP contribution in [0.15, 0.2) is 47.3 Å². The number of piperazine rings is 1. The first-order chi connectivity index (χ1) is 19.9. The van der Waals surface area contributed by atoms with Gasteiger partial charge in [-0.25, -0.2) is 4.79 Å². The van der Waals surface area contributed by atoms with Crippen molar-refractivity contribution in [3.05, 3.63) is 58.5 Å². The van der Waals surface area contributed by atoms with Crippen molar-refractivity contribution in [2.75, 3.05) is 57.8 Å². The van der Waals surface area contributed by atoms with Crippen molar-refractivity contribution in [1.82, 2.24) is 24.3 Å². The molecule has 3 aliphatic heterocycles. The molecule has 2 amide bonds. The monoisotopic (exact) mass is 560 g/mol. The minimum Gasteiger partial charge on any atom is -0.497 e. The van der Waals surface area contributed by atoms with Crippen molar-refractivity contribution in [3.63, 3.8) is 0 Å². The summed E-state index contributed by atoms with van der Waals surface area (Å²) in [5, 5.41) is 3.43. The predicted octanol–water partition coefficient (Wildman–Crippen LogP) is 2.36. The SMILES string of the molecule is COc1ccc(CN2C(=O)CCC(n3c(=O)n(C)c4c(N5CCC(CN6CCNCC6)CC5)cccc43)C2=O)cc1. The molecule has 3 aromatic rings. The maximum atomic E-state index is 13.7. The topological polar surface area (TPSA) is 92.1 Å². The molecule has 1 atom stereocenters. The third-order valence-electron chi connectivity index (χ3n) is 9.06. The number of para-hydroxylation sites is 1. The Hall–Kier alpha value is -3.63. The second-order valence-electron chi connectivity index (χ2n) is 11.6. The summed E-state index contributed by atoms with van der Waals surface area (Å²) in [5.74, 6) is 0.862. The van der Waals surface area contributed by atoms with Crippen LogP contribution in [-0.2, 0) is 23.2 Å². The zero-order valence-corrected chi connectivity index (χ0v) is 24.1. The molecule has 41 heavy (non-hydrogen) atoms. The van der Waals surface area contributed by atoms with E-state index < -0.39 is 6.04 Å². The highest BCUT2D eigenvalue weighted by Gasteiger charge is 2.38. The number of benzene rings is 2. The fourth-order valence-electron chi connectivity index (χ4n) is 6.73. The molecule has 1 aromatic heterocycles. The lowest BCUT2D eigenvalue weighted by Gasteiger charge is -2.37. The maximum Gasteiger partial charge on any atom is 0.329 e. The Labute approximate surface area is 240 Å². The molecule has 0 spiro atoms. The quantitative estimate of drug-likeness (QED) is 0.444. The van der Waals surface area contributed by atoms with Gasteiger partial charge in [-0.3, -0.25) is 23.6 Å². The number of carbonyl (C=O) groups is 2. The van der Waals surface area contributed by atoms with Gasteiger partial charge in [-0.1, -0.05) is 18.2 Å². The van der Waals surface area contributed by atoms with E-state index in [9.17, 15) is 14.4 Å². The lowest BCUT2D eigenvalue weighted by Crippen LogP contribution is -2.47. The number of imidazole rings is 1. The molecule has 2 aromatic carbocycles. The summed E-state index contributed by atoms with van der Waals surface area (Å²) >= 11 is 0. The molecule has 1 unspecified atom stereocenters. The predicted molar refractivity (Wildman–Crippen MR) is 158 cm³/mol. The first kappa shape index (κ1) is 27.5. The van der Waals surface area contributed by atoms with E-state index in [0.717, 1.165) is 80.9 Å². The summed E-state index contributed by atoms with van der Waals surface area (Å²) in [6, 6.07) is 12.6. The van der Waals surface area contributed by atoms with Crippen LogP contribution in [0.3, 0.4) is 0 Å². The number of rotatable bonds is 7. The number of aromatic nitrogens is 2. The Morgan fingerprint density at radius 1 is 0.927 bits per heavy atom. The molecular weight excluding hydrogens is 520 g/mol. The summed E-state index contributed by atoms with van der Waals surface area (Å²) in [5.41, 5.74) is 3.24. The zero-order chi connectivity index (χ0) is 28.5. The number of methoxy groups -OCH3 is 1. The molecule has 6 rings (SSSR count). The van der Waals surface area contributed by atoms with Crippen molar-refractivity contribution < 1.29 is 14.3 Å². The van der Waals surface area contributed by atoms with Gasteiger partial charge in [0.15, 0.2) is 0 Å². The molecule has 10 nitrogen and oxygen atoms in total. The van der Waals surface area contributed by atoms with Crippen LogP contribution in [0.5, 0.6) is 5.75 Å². The molecule has 3 aliphatic rings. The average molecular weight is 561 g/mol. The molecular formula is C31H40N6O4. The molecule has 0 bridgehead atoms. The number of ether oxygens (including phenoxy) is 1. The number of hydrogen-bond acceptors (Lipinski definition) is 7. The number of anilines is 1. The lowest BCUT2D eigenvalue weighted by atomic mass is 9.95. The third-order valence-corrected chi connectivity index (χ3v) is 9.06. The number of carbonyl (C=O) groups excluding carboxylic acids is 2. The first-order valence-corrected chi connectivity index (χ1v) is 14.8. The maximum absolute atomic E-state index is 13.7. The standard InChI is InChI=1S/C31H40N6O4/c1-33-29-25(35-16-12-23(13-17-35)20-34-18-14-32-15-19-34)4-3-5-26(29)37(31(33)40)27-10-11-28(38)36(30(27)39)21-22-6-8-24(41-2)9-7-22/h3-9,23,27,32H,10-21H2,1-2H3. The van der Waals surface area contributed by atoms with Crippen LogP contribution in [-0.4, -0.2) is 83.7 Å². The number of imide groups is 1. The molecule has 0 aliphatic carbocycles. The number of nitrogens with zero attached hydrogens (tertiary/aromatic N) is 5. The van der Waals surface area contributed by atoms with Gasteiger partial charge in [-0.05, 0) is 55.0 Å². The van der Waals surface area contributed by atoms with Crippen LogP contribution in [0.25, 0.3) is 11.0 Å². The number of piperidine rings is 2. The first-order valence-electron chi connectivity index (χ1n) is 14.8. The second kappa shape index (κ2) is 11.7. The molecule has 218 valence electrons. The number of aryl methyl sites for hydroxylation is 1. The van der Waals surface area contributed by atoms with Gasteiger partial charge in [-0.2, -0.15) is 0 Å². The van der Waals surface area contributed by atoms with E-state index in [0.29, 0.717) is 18.1 Å². The molecule has 3 fully saturated rings. The minimum atomic E-state index is -0.720. The smallest absolute Gasteiger partial charge is 0.329 e. The van der Waals surface area contributed by atoms with E-state index in [1.165, 1.54) is 4.90 Å². The largest absolute Gasteiger partial charge is 0.497 e. The van der Waals surface area contributed by atoms with Crippen molar-refractivity contribution >= 4 is 28.5 Å².